The molecule has 3 N–H and O–H groups in total. The van der Waals surface area contributed by atoms with Crippen LogP contribution in [-0.2, 0) is 11.0 Å². The first-order chi connectivity index (χ1) is 13.1. The van der Waals surface area contributed by atoms with E-state index in [9.17, 15) is 22.8 Å². The van der Waals surface area contributed by atoms with Gasteiger partial charge in [0.15, 0.2) is 0 Å². The van der Waals surface area contributed by atoms with Crippen molar-refractivity contribution in [2.24, 2.45) is 5.92 Å². The zero-order valence-corrected chi connectivity index (χ0v) is 15.1. The highest BCUT2D eigenvalue weighted by atomic mass is 35.5. The van der Waals surface area contributed by atoms with Gasteiger partial charge in [-0.3, -0.25) is 4.79 Å². The van der Waals surface area contributed by atoms with Crippen LogP contribution in [0.2, 0.25) is 5.02 Å². The van der Waals surface area contributed by atoms with Crippen LogP contribution in [0.25, 0.3) is 0 Å². The minimum atomic E-state index is -4.53. The van der Waals surface area contributed by atoms with E-state index in [1.165, 1.54) is 12.1 Å². The van der Waals surface area contributed by atoms with Crippen LogP contribution in [0.5, 0.6) is 0 Å². The van der Waals surface area contributed by atoms with Gasteiger partial charge in [-0.2, -0.15) is 13.2 Å². The molecule has 1 saturated heterocycles. The number of alkyl halides is 3. The highest BCUT2D eigenvalue weighted by Gasteiger charge is 2.38. The van der Waals surface area contributed by atoms with Gasteiger partial charge in [-0.1, -0.05) is 36.4 Å². The van der Waals surface area contributed by atoms with E-state index >= 15 is 0 Å². The summed E-state index contributed by atoms with van der Waals surface area (Å²) in [6.45, 7) is 3.72. The van der Waals surface area contributed by atoms with Crippen molar-refractivity contribution in [3.8, 4) is 0 Å². The van der Waals surface area contributed by atoms with E-state index < -0.39 is 35.6 Å². The van der Waals surface area contributed by atoms with Crippen molar-refractivity contribution in [1.82, 2.24) is 10.6 Å². The summed E-state index contributed by atoms with van der Waals surface area (Å²) < 4.78 is 38.7. The topological polar surface area (TPSA) is 70.2 Å². The minimum absolute atomic E-state index is 0.0145. The molecule has 9 heteroatoms. The number of anilines is 1. The van der Waals surface area contributed by atoms with Crippen molar-refractivity contribution in [2.75, 3.05) is 5.32 Å². The smallest absolute Gasteiger partial charge is 0.330 e. The summed E-state index contributed by atoms with van der Waals surface area (Å²) in [7, 11) is 0. The first-order valence-corrected chi connectivity index (χ1v) is 8.53. The van der Waals surface area contributed by atoms with E-state index in [0.717, 1.165) is 12.1 Å². The van der Waals surface area contributed by atoms with Crippen LogP contribution in [0.1, 0.15) is 17.2 Å². The third-order valence-corrected chi connectivity index (χ3v) is 4.49. The molecule has 1 heterocycles. The van der Waals surface area contributed by atoms with E-state index in [0.29, 0.717) is 10.6 Å². The van der Waals surface area contributed by atoms with Gasteiger partial charge in [-0.05, 0) is 35.9 Å². The fourth-order valence-corrected chi connectivity index (χ4v) is 3.06. The van der Waals surface area contributed by atoms with Gasteiger partial charge in [0, 0.05) is 16.4 Å². The number of amides is 3. The highest BCUT2D eigenvalue weighted by Crippen LogP contribution is 2.33. The Morgan fingerprint density at radius 3 is 2.46 bits per heavy atom. The maximum atomic E-state index is 12.9. The summed E-state index contributed by atoms with van der Waals surface area (Å²) >= 11 is 5.88. The fourth-order valence-electron chi connectivity index (χ4n) is 2.93. The van der Waals surface area contributed by atoms with E-state index in [2.05, 4.69) is 22.5 Å². The molecular formula is C19H15ClF3N3O2. The molecule has 1 aliphatic heterocycles. The van der Waals surface area contributed by atoms with Gasteiger partial charge in [-0.25, -0.2) is 4.79 Å². The van der Waals surface area contributed by atoms with Crippen LogP contribution < -0.4 is 16.0 Å². The third kappa shape index (κ3) is 4.28. The van der Waals surface area contributed by atoms with Crippen molar-refractivity contribution in [3.05, 3.63) is 77.0 Å². The van der Waals surface area contributed by atoms with E-state index in [1.807, 2.05) is 0 Å². The van der Waals surface area contributed by atoms with Crippen molar-refractivity contribution in [1.29, 1.82) is 0 Å². The lowest BCUT2D eigenvalue weighted by atomic mass is 9.88. The Kier molecular flexibility index (Phi) is 5.33. The Labute approximate surface area is 163 Å². The first kappa shape index (κ1) is 19.8. The molecule has 0 unspecified atom stereocenters. The largest absolute Gasteiger partial charge is 0.416 e. The summed E-state index contributed by atoms with van der Waals surface area (Å²) in [6.07, 6.45) is -4.53. The second-order valence-electron chi connectivity index (χ2n) is 6.20. The number of carbonyl (C=O) groups is 2. The number of carbonyl (C=O) groups excluding carboxylic acids is 2. The predicted molar refractivity (Wildman–Crippen MR) is 98.6 cm³/mol. The van der Waals surface area contributed by atoms with Crippen molar-refractivity contribution in [3.63, 3.8) is 0 Å². The van der Waals surface area contributed by atoms with Gasteiger partial charge in [0.05, 0.1) is 11.6 Å². The van der Waals surface area contributed by atoms with E-state index in [4.69, 9.17) is 11.6 Å². The molecule has 28 heavy (non-hydrogen) atoms. The van der Waals surface area contributed by atoms with Gasteiger partial charge in [0.25, 0.3) is 0 Å². The number of hydrogen-bond donors (Lipinski definition) is 3. The van der Waals surface area contributed by atoms with Crippen molar-refractivity contribution in [2.45, 2.75) is 12.2 Å². The molecule has 2 atom stereocenters. The number of benzene rings is 2. The van der Waals surface area contributed by atoms with E-state index in [-0.39, 0.29) is 11.4 Å². The maximum Gasteiger partial charge on any atom is 0.416 e. The molecule has 2 aromatic rings. The highest BCUT2D eigenvalue weighted by molar-refractivity contribution is 6.30. The Hall–Kier alpha value is -3.00. The molecule has 0 radical (unpaired) electrons. The predicted octanol–water partition coefficient (Wildman–Crippen LogP) is 4.48. The summed E-state index contributed by atoms with van der Waals surface area (Å²) in [5.74, 6) is -1.56. The second-order valence-corrected chi connectivity index (χ2v) is 6.63. The average molecular weight is 410 g/mol. The molecule has 0 saturated carbocycles. The molecular weight excluding hydrogens is 395 g/mol. The molecule has 3 amide bonds. The summed E-state index contributed by atoms with van der Waals surface area (Å²) in [6, 6.07) is 9.52. The Morgan fingerprint density at radius 1 is 1.14 bits per heavy atom. The molecule has 0 bridgehead atoms. The summed E-state index contributed by atoms with van der Waals surface area (Å²) in [5.41, 5.74) is -0.161. The fraction of sp³-hybridized carbons (Fsp3) is 0.158. The molecule has 5 nitrogen and oxygen atoms in total. The van der Waals surface area contributed by atoms with Crippen LogP contribution in [0, 0.1) is 5.92 Å². The molecule has 0 spiro atoms. The van der Waals surface area contributed by atoms with E-state index in [1.54, 1.807) is 24.3 Å². The Morgan fingerprint density at radius 2 is 1.82 bits per heavy atom. The van der Waals surface area contributed by atoms with Gasteiger partial charge in [0.1, 0.15) is 5.92 Å². The molecule has 0 aromatic heterocycles. The van der Waals surface area contributed by atoms with Crippen molar-refractivity contribution < 1.29 is 22.8 Å². The number of rotatable bonds is 3. The number of hydrogen-bond acceptors (Lipinski definition) is 2. The Balaban J connectivity index is 1.88. The van der Waals surface area contributed by atoms with Gasteiger partial charge in [0.2, 0.25) is 5.91 Å². The zero-order valence-electron chi connectivity index (χ0n) is 14.3. The molecule has 2 aromatic carbocycles. The molecule has 1 aliphatic rings. The number of nitrogens with one attached hydrogen (secondary N) is 3. The third-order valence-electron chi connectivity index (χ3n) is 4.24. The summed E-state index contributed by atoms with van der Waals surface area (Å²) in [4.78, 5) is 24.7. The second kappa shape index (κ2) is 7.55. The van der Waals surface area contributed by atoms with Crippen LogP contribution in [0.4, 0.5) is 23.7 Å². The van der Waals surface area contributed by atoms with Crippen LogP contribution in [-0.4, -0.2) is 11.9 Å². The zero-order chi connectivity index (χ0) is 20.5. The van der Waals surface area contributed by atoms with Gasteiger partial charge >= 0.3 is 12.2 Å². The standard InChI is InChI=1S/C19H15ClF3N3O2/c1-10-15(16(26-18(28)24-10)11-5-7-13(20)8-6-11)17(27)25-14-4-2-3-12(9-14)19(21,22)23/h2-9,15-16H,1H2,(H,25,27)(H2,24,26,28)/t15-,16+/m1/s1. The summed E-state index contributed by atoms with van der Waals surface area (Å²) in [5, 5.41) is 8.01. The lowest BCUT2D eigenvalue weighted by Gasteiger charge is -2.34. The monoisotopic (exact) mass is 409 g/mol. The molecule has 0 aliphatic carbocycles. The lowest BCUT2D eigenvalue weighted by Crippen LogP contribution is -2.51. The minimum Gasteiger partial charge on any atom is -0.330 e. The number of urea groups is 1. The number of halogens is 4. The molecule has 3 rings (SSSR count). The quantitative estimate of drug-likeness (QED) is 0.699. The lowest BCUT2D eigenvalue weighted by molar-refractivity contribution is -0.137. The normalized spacial score (nSPS) is 19.6. The van der Waals surface area contributed by atoms with Gasteiger partial charge in [-0.15, -0.1) is 0 Å². The van der Waals surface area contributed by atoms with Crippen LogP contribution >= 0.6 is 11.6 Å². The van der Waals surface area contributed by atoms with Crippen LogP contribution in [0.3, 0.4) is 0 Å². The van der Waals surface area contributed by atoms with Crippen LogP contribution in [0.15, 0.2) is 60.8 Å². The van der Waals surface area contributed by atoms with Crippen molar-refractivity contribution >= 4 is 29.2 Å². The Bertz CT molecular complexity index is 929. The molecule has 1 fully saturated rings. The average Bonchev–Trinajstić information content (AvgIpc) is 2.61. The molecule has 146 valence electrons. The SMILES string of the molecule is C=C1NC(=O)N[C@@H](c2ccc(Cl)cc2)[C@@H]1C(=O)Nc1cccc(C(F)(F)F)c1. The maximum absolute atomic E-state index is 12.9. The first-order valence-electron chi connectivity index (χ1n) is 8.15. The van der Waals surface area contributed by atoms with Gasteiger partial charge < -0.3 is 16.0 Å².